The third-order valence-corrected chi connectivity index (χ3v) is 3.35. The van der Waals surface area contributed by atoms with Gasteiger partial charge in [-0.3, -0.25) is 0 Å². The normalized spacial score (nSPS) is 16.6. The predicted octanol–water partition coefficient (Wildman–Crippen LogP) is 2.59. The van der Waals surface area contributed by atoms with E-state index in [4.69, 9.17) is 9.47 Å². The van der Waals surface area contributed by atoms with Gasteiger partial charge in [0, 0.05) is 5.69 Å². The highest BCUT2D eigenvalue weighted by Crippen LogP contribution is 2.36. The lowest BCUT2D eigenvalue weighted by Gasteiger charge is -2.40. The quantitative estimate of drug-likeness (QED) is 0.815. The van der Waals surface area contributed by atoms with Crippen molar-refractivity contribution in [3.63, 3.8) is 0 Å². The van der Waals surface area contributed by atoms with Crippen LogP contribution in [0.5, 0.6) is 5.75 Å². The Bertz CT molecular complexity index is 410. The van der Waals surface area contributed by atoms with E-state index in [-0.39, 0.29) is 5.97 Å². The van der Waals surface area contributed by atoms with E-state index < -0.39 is 5.54 Å². The minimum atomic E-state index is -0.523. The number of rotatable bonds is 5. The first-order valence-corrected chi connectivity index (χ1v) is 6.29. The number of hydrogen-bond donors (Lipinski definition) is 1. The van der Waals surface area contributed by atoms with E-state index in [0.29, 0.717) is 6.61 Å². The standard InChI is InChI=1S/C14H19NO3/c1-3-18-13(16)14(9-4-10-14)15-11-5-7-12(17-2)8-6-11/h5-8,15H,3-4,9-10H2,1-2H3. The fourth-order valence-electron chi connectivity index (χ4n) is 2.13. The lowest BCUT2D eigenvalue weighted by molar-refractivity contribution is -0.151. The van der Waals surface area contributed by atoms with Crippen LogP contribution >= 0.6 is 0 Å². The Morgan fingerprint density at radius 2 is 2.00 bits per heavy atom. The molecule has 2 rings (SSSR count). The smallest absolute Gasteiger partial charge is 0.331 e. The summed E-state index contributed by atoms with van der Waals surface area (Å²) in [7, 11) is 1.63. The van der Waals surface area contributed by atoms with Crippen LogP contribution in [0, 0.1) is 0 Å². The number of nitrogens with one attached hydrogen (secondary N) is 1. The van der Waals surface area contributed by atoms with Crippen LogP contribution in [0.1, 0.15) is 26.2 Å². The van der Waals surface area contributed by atoms with Crippen molar-refractivity contribution in [1.29, 1.82) is 0 Å². The molecule has 4 nitrogen and oxygen atoms in total. The summed E-state index contributed by atoms with van der Waals surface area (Å²) < 4.78 is 10.2. The zero-order chi connectivity index (χ0) is 13.0. The van der Waals surface area contributed by atoms with Gasteiger partial charge in [-0.25, -0.2) is 4.79 Å². The second kappa shape index (κ2) is 5.29. The molecule has 0 saturated heterocycles. The summed E-state index contributed by atoms with van der Waals surface area (Å²) in [6, 6.07) is 7.58. The van der Waals surface area contributed by atoms with E-state index in [1.165, 1.54) is 0 Å². The first-order chi connectivity index (χ1) is 8.70. The van der Waals surface area contributed by atoms with E-state index in [2.05, 4.69) is 5.32 Å². The fraction of sp³-hybridized carbons (Fsp3) is 0.500. The molecular formula is C14H19NO3. The third kappa shape index (κ3) is 2.42. The molecule has 18 heavy (non-hydrogen) atoms. The molecule has 98 valence electrons. The summed E-state index contributed by atoms with van der Waals surface area (Å²) >= 11 is 0. The molecular weight excluding hydrogens is 230 g/mol. The van der Waals surface area contributed by atoms with Crippen molar-refractivity contribution in [1.82, 2.24) is 0 Å². The second-order valence-electron chi connectivity index (χ2n) is 4.51. The fourth-order valence-corrected chi connectivity index (χ4v) is 2.13. The Kier molecular flexibility index (Phi) is 3.75. The molecule has 0 spiro atoms. The third-order valence-electron chi connectivity index (χ3n) is 3.35. The van der Waals surface area contributed by atoms with Gasteiger partial charge in [-0.05, 0) is 50.5 Å². The summed E-state index contributed by atoms with van der Waals surface area (Å²) in [5.41, 5.74) is 0.397. The number of anilines is 1. The lowest BCUT2D eigenvalue weighted by Crippen LogP contribution is -2.53. The second-order valence-corrected chi connectivity index (χ2v) is 4.51. The number of carbonyl (C=O) groups is 1. The summed E-state index contributed by atoms with van der Waals surface area (Å²) in [5, 5.41) is 3.30. The molecule has 0 amide bonds. The van der Waals surface area contributed by atoms with Crippen LogP contribution < -0.4 is 10.1 Å². The zero-order valence-electron chi connectivity index (χ0n) is 10.9. The van der Waals surface area contributed by atoms with E-state index in [9.17, 15) is 4.79 Å². The first kappa shape index (κ1) is 12.7. The molecule has 1 aromatic rings. The number of benzene rings is 1. The highest BCUT2D eigenvalue weighted by Gasteiger charge is 2.45. The molecule has 1 N–H and O–H groups in total. The van der Waals surface area contributed by atoms with Gasteiger partial charge in [0.25, 0.3) is 0 Å². The zero-order valence-corrected chi connectivity index (χ0v) is 10.9. The van der Waals surface area contributed by atoms with Crippen LogP contribution in [0.4, 0.5) is 5.69 Å². The maximum atomic E-state index is 12.0. The lowest BCUT2D eigenvalue weighted by atomic mass is 9.76. The maximum absolute atomic E-state index is 12.0. The van der Waals surface area contributed by atoms with Crippen molar-refractivity contribution in [3.8, 4) is 5.75 Å². The highest BCUT2D eigenvalue weighted by atomic mass is 16.5. The minimum Gasteiger partial charge on any atom is -0.497 e. The van der Waals surface area contributed by atoms with E-state index in [0.717, 1.165) is 30.7 Å². The predicted molar refractivity (Wildman–Crippen MR) is 69.8 cm³/mol. The van der Waals surface area contributed by atoms with Crippen molar-refractivity contribution in [2.75, 3.05) is 19.0 Å². The first-order valence-electron chi connectivity index (χ1n) is 6.29. The van der Waals surface area contributed by atoms with Gasteiger partial charge in [-0.2, -0.15) is 0 Å². The van der Waals surface area contributed by atoms with Gasteiger partial charge in [-0.15, -0.1) is 0 Å². The van der Waals surface area contributed by atoms with Gasteiger partial charge >= 0.3 is 5.97 Å². The van der Waals surface area contributed by atoms with Crippen LogP contribution in [0.25, 0.3) is 0 Å². The van der Waals surface area contributed by atoms with Crippen LogP contribution in [0.15, 0.2) is 24.3 Å². The van der Waals surface area contributed by atoms with Crippen molar-refractivity contribution >= 4 is 11.7 Å². The van der Waals surface area contributed by atoms with Crippen molar-refractivity contribution in [2.45, 2.75) is 31.7 Å². The highest BCUT2D eigenvalue weighted by molar-refractivity contribution is 5.85. The Balaban J connectivity index is 2.07. The molecule has 0 bridgehead atoms. The summed E-state index contributed by atoms with van der Waals surface area (Å²) in [6.07, 6.45) is 2.72. The average Bonchev–Trinajstić information content (AvgIpc) is 2.35. The number of carbonyl (C=O) groups excluding carboxylic acids is 1. The Labute approximate surface area is 107 Å². The molecule has 0 heterocycles. The molecule has 0 unspecified atom stereocenters. The van der Waals surface area contributed by atoms with E-state index >= 15 is 0 Å². The van der Waals surface area contributed by atoms with Gasteiger partial charge in [-0.1, -0.05) is 0 Å². The van der Waals surface area contributed by atoms with Crippen molar-refractivity contribution in [2.24, 2.45) is 0 Å². The number of ether oxygens (including phenoxy) is 2. The number of methoxy groups -OCH3 is 1. The molecule has 0 aliphatic heterocycles. The van der Waals surface area contributed by atoms with Gasteiger partial charge < -0.3 is 14.8 Å². The average molecular weight is 249 g/mol. The largest absolute Gasteiger partial charge is 0.497 e. The summed E-state index contributed by atoms with van der Waals surface area (Å²) in [5.74, 6) is 0.659. The minimum absolute atomic E-state index is 0.146. The van der Waals surface area contributed by atoms with Gasteiger partial charge in [0.2, 0.25) is 0 Å². The van der Waals surface area contributed by atoms with Crippen LogP contribution in [0.2, 0.25) is 0 Å². The van der Waals surface area contributed by atoms with Crippen molar-refractivity contribution in [3.05, 3.63) is 24.3 Å². The van der Waals surface area contributed by atoms with Crippen molar-refractivity contribution < 1.29 is 14.3 Å². The Hall–Kier alpha value is -1.71. The van der Waals surface area contributed by atoms with Crippen LogP contribution in [-0.2, 0) is 9.53 Å². The van der Waals surface area contributed by atoms with Crippen LogP contribution in [0.3, 0.4) is 0 Å². The van der Waals surface area contributed by atoms with Gasteiger partial charge in [0.05, 0.1) is 13.7 Å². The number of esters is 1. The molecule has 4 heteroatoms. The summed E-state index contributed by atoms with van der Waals surface area (Å²) in [6.45, 7) is 2.25. The molecule has 1 saturated carbocycles. The monoisotopic (exact) mass is 249 g/mol. The molecule has 0 atom stereocenters. The molecule has 1 aliphatic carbocycles. The Morgan fingerprint density at radius 3 is 2.44 bits per heavy atom. The number of hydrogen-bond acceptors (Lipinski definition) is 4. The van der Waals surface area contributed by atoms with Gasteiger partial charge in [0.1, 0.15) is 11.3 Å². The molecule has 0 radical (unpaired) electrons. The molecule has 0 aromatic heterocycles. The van der Waals surface area contributed by atoms with E-state index in [1.807, 2.05) is 31.2 Å². The SMILES string of the molecule is CCOC(=O)C1(Nc2ccc(OC)cc2)CCC1. The molecule has 1 aromatic carbocycles. The van der Waals surface area contributed by atoms with Crippen LogP contribution in [-0.4, -0.2) is 25.2 Å². The Morgan fingerprint density at radius 1 is 1.33 bits per heavy atom. The summed E-state index contributed by atoms with van der Waals surface area (Å²) in [4.78, 5) is 12.0. The van der Waals surface area contributed by atoms with Gasteiger partial charge in [0.15, 0.2) is 0 Å². The van der Waals surface area contributed by atoms with E-state index in [1.54, 1.807) is 7.11 Å². The maximum Gasteiger partial charge on any atom is 0.331 e. The molecule has 1 fully saturated rings. The topological polar surface area (TPSA) is 47.6 Å². The molecule has 1 aliphatic rings.